The van der Waals surface area contributed by atoms with Crippen molar-refractivity contribution in [2.45, 2.75) is 109 Å². The molecule has 0 aromatic carbocycles. The molecule has 3 heterocycles. The summed E-state index contributed by atoms with van der Waals surface area (Å²) in [6, 6.07) is 0. The van der Waals surface area contributed by atoms with Gasteiger partial charge in [0, 0.05) is 36.8 Å². The Hall–Kier alpha value is -1.14. The topological polar surface area (TPSA) is 65.1 Å². The van der Waals surface area contributed by atoms with Gasteiger partial charge in [-0.3, -0.25) is 9.68 Å². The highest BCUT2D eigenvalue weighted by Crippen LogP contribution is 2.40. The second-order valence-electron chi connectivity index (χ2n) is 8.59. The molecule has 3 saturated heterocycles. The zero-order chi connectivity index (χ0) is 18.5. The van der Waals surface area contributed by atoms with Crippen molar-refractivity contribution in [2.75, 3.05) is 0 Å². The third-order valence-corrected chi connectivity index (χ3v) is 5.07. The molecule has 0 amide bonds. The standard InChI is InChI=1S/C19H33NO5/c1-18(2)13-15-14-19(3,4)20(18)25-24-17(22)12-10-8-6-5-7-9-11-16(21)23-15/h15H,5-14H2,1-4H3. The minimum absolute atomic E-state index is 0.110. The number of rotatable bonds is 0. The summed E-state index contributed by atoms with van der Waals surface area (Å²) >= 11 is 0. The van der Waals surface area contributed by atoms with Gasteiger partial charge in [-0.2, -0.15) is 0 Å². The van der Waals surface area contributed by atoms with E-state index in [1.165, 1.54) is 0 Å². The van der Waals surface area contributed by atoms with E-state index in [1.807, 2.05) is 27.7 Å². The Balaban J connectivity index is 2.09. The smallest absolute Gasteiger partial charge is 0.344 e. The van der Waals surface area contributed by atoms with Crippen LogP contribution in [0.1, 0.15) is 91.9 Å². The van der Waals surface area contributed by atoms with Crippen molar-refractivity contribution in [3.63, 3.8) is 0 Å². The molecule has 0 spiro atoms. The number of piperidine rings is 1. The number of esters is 1. The molecule has 0 saturated carbocycles. The van der Waals surface area contributed by atoms with Crippen LogP contribution in [0, 0.1) is 0 Å². The summed E-state index contributed by atoms with van der Waals surface area (Å²) in [6.07, 6.45) is 7.82. The number of nitrogens with zero attached hydrogens (tertiary/aromatic N) is 1. The first kappa shape index (κ1) is 20.2. The first-order valence-corrected chi connectivity index (χ1v) is 9.58. The lowest BCUT2D eigenvalue weighted by Gasteiger charge is -2.51. The maximum atomic E-state index is 12.1. The van der Waals surface area contributed by atoms with Crippen molar-refractivity contribution in [1.29, 1.82) is 0 Å². The zero-order valence-corrected chi connectivity index (χ0v) is 16.1. The van der Waals surface area contributed by atoms with Gasteiger partial charge in [-0.25, -0.2) is 4.79 Å². The van der Waals surface area contributed by atoms with Gasteiger partial charge in [0.1, 0.15) is 6.10 Å². The minimum atomic E-state index is -0.416. The van der Waals surface area contributed by atoms with Crippen molar-refractivity contribution in [3.05, 3.63) is 0 Å². The zero-order valence-electron chi connectivity index (χ0n) is 16.1. The van der Waals surface area contributed by atoms with E-state index in [-0.39, 0.29) is 18.0 Å². The monoisotopic (exact) mass is 355 g/mol. The highest BCUT2D eigenvalue weighted by Gasteiger charge is 2.49. The number of ether oxygens (including phenoxy) is 1. The lowest BCUT2D eigenvalue weighted by molar-refractivity contribution is -0.453. The largest absolute Gasteiger partial charge is 0.462 e. The molecule has 6 nitrogen and oxygen atoms in total. The van der Waals surface area contributed by atoms with Crippen LogP contribution < -0.4 is 0 Å². The lowest BCUT2D eigenvalue weighted by Crippen LogP contribution is -2.62. The van der Waals surface area contributed by atoms with Gasteiger partial charge in [-0.1, -0.05) is 30.7 Å². The molecule has 25 heavy (non-hydrogen) atoms. The third-order valence-electron chi connectivity index (χ3n) is 5.07. The molecule has 2 bridgehead atoms. The van der Waals surface area contributed by atoms with Crippen LogP contribution in [0.5, 0.6) is 0 Å². The van der Waals surface area contributed by atoms with Gasteiger partial charge in [-0.15, -0.1) is 5.06 Å². The summed E-state index contributed by atoms with van der Waals surface area (Å²) in [6.45, 7) is 8.04. The average Bonchev–Trinajstić information content (AvgIpc) is 2.46. The summed E-state index contributed by atoms with van der Waals surface area (Å²) in [4.78, 5) is 34.6. The number of hydrogen-bond acceptors (Lipinski definition) is 6. The quantitative estimate of drug-likeness (QED) is 0.482. The van der Waals surface area contributed by atoms with Crippen LogP contribution in [-0.4, -0.2) is 34.2 Å². The molecular formula is C19H33NO5. The highest BCUT2D eigenvalue weighted by atomic mass is 17.3. The molecule has 3 aliphatic heterocycles. The second kappa shape index (κ2) is 8.49. The molecule has 0 atom stereocenters. The van der Waals surface area contributed by atoms with Gasteiger partial charge in [-0.05, 0) is 40.5 Å². The normalized spacial score (nSPS) is 31.7. The lowest BCUT2D eigenvalue weighted by atomic mass is 9.80. The Bertz CT molecular complexity index is 456. The molecule has 0 N–H and O–H groups in total. The third kappa shape index (κ3) is 5.96. The van der Waals surface area contributed by atoms with E-state index in [4.69, 9.17) is 14.6 Å². The van der Waals surface area contributed by atoms with Crippen LogP contribution in [0.25, 0.3) is 0 Å². The maximum absolute atomic E-state index is 12.1. The van der Waals surface area contributed by atoms with E-state index in [2.05, 4.69) is 0 Å². The van der Waals surface area contributed by atoms with Crippen molar-refractivity contribution >= 4 is 11.9 Å². The van der Waals surface area contributed by atoms with E-state index in [0.29, 0.717) is 25.7 Å². The van der Waals surface area contributed by atoms with Gasteiger partial charge in [0.05, 0.1) is 0 Å². The van der Waals surface area contributed by atoms with E-state index in [9.17, 15) is 9.59 Å². The van der Waals surface area contributed by atoms with Crippen molar-refractivity contribution < 1.29 is 24.2 Å². The molecule has 3 rings (SSSR count). The molecule has 0 aromatic heterocycles. The van der Waals surface area contributed by atoms with Crippen molar-refractivity contribution in [3.8, 4) is 0 Å². The summed E-state index contributed by atoms with van der Waals surface area (Å²) in [5, 5.41) is 1.74. The van der Waals surface area contributed by atoms with Crippen LogP contribution in [0.3, 0.4) is 0 Å². The number of hydroxylamine groups is 2. The second-order valence-corrected chi connectivity index (χ2v) is 8.59. The Labute approximate surface area is 151 Å². The van der Waals surface area contributed by atoms with Crippen molar-refractivity contribution in [2.24, 2.45) is 0 Å². The number of hydrogen-bond donors (Lipinski definition) is 0. The fraction of sp³-hybridized carbons (Fsp3) is 0.895. The van der Waals surface area contributed by atoms with Crippen LogP contribution in [0.15, 0.2) is 0 Å². The van der Waals surface area contributed by atoms with Gasteiger partial charge in [0.2, 0.25) is 0 Å². The molecule has 0 radical (unpaired) electrons. The summed E-state index contributed by atoms with van der Waals surface area (Å²) in [7, 11) is 0. The van der Waals surface area contributed by atoms with Gasteiger partial charge >= 0.3 is 11.9 Å². The fourth-order valence-electron chi connectivity index (χ4n) is 4.07. The maximum Gasteiger partial charge on any atom is 0.344 e. The molecule has 0 aliphatic carbocycles. The first-order chi connectivity index (χ1) is 11.7. The molecular weight excluding hydrogens is 322 g/mol. The Morgan fingerprint density at radius 2 is 1.28 bits per heavy atom. The molecule has 3 fully saturated rings. The van der Waals surface area contributed by atoms with Crippen LogP contribution in [0.4, 0.5) is 0 Å². The highest BCUT2D eigenvalue weighted by molar-refractivity contribution is 5.69. The SMILES string of the molecule is CC1(C)CC2CC(C)(C)N1OOC(=O)CCCCCCCCC(=O)O2. The fourth-order valence-corrected chi connectivity index (χ4v) is 4.07. The van der Waals surface area contributed by atoms with E-state index < -0.39 is 11.1 Å². The summed E-state index contributed by atoms with van der Waals surface area (Å²) < 4.78 is 5.73. The van der Waals surface area contributed by atoms with E-state index >= 15 is 0 Å². The van der Waals surface area contributed by atoms with Gasteiger partial charge in [0.15, 0.2) is 0 Å². The number of carbonyl (C=O) groups excluding carboxylic acids is 2. The Morgan fingerprint density at radius 3 is 1.84 bits per heavy atom. The molecule has 6 heteroatoms. The van der Waals surface area contributed by atoms with Crippen molar-refractivity contribution in [1.82, 2.24) is 5.06 Å². The Kier molecular flexibility index (Phi) is 6.86. The summed E-state index contributed by atoms with van der Waals surface area (Å²) in [5.74, 6) is -0.439. The average molecular weight is 355 g/mol. The van der Waals surface area contributed by atoms with E-state index in [0.717, 1.165) is 38.5 Å². The Morgan fingerprint density at radius 1 is 0.800 bits per heavy atom. The van der Waals surface area contributed by atoms with Gasteiger partial charge in [0.25, 0.3) is 0 Å². The number of fused-ring (bicyclic) bond motifs is 14. The van der Waals surface area contributed by atoms with Crippen LogP contribution in [-0.2, 0) is 24.2 Å². The van der Waals surface area contributed by atoms with Crippen LogP contribution >= 0.6 is 0 Å². The first-order valence-electron chi connectivity index (χ1n) is 9.58. The van der Waals surface area contributed by atoms with E-state index in [1.54, 1.807) is 5.06 Å². The molecule has 3 aliphatic rings. The van der Waals surface area contributed by atoms with Crippen LogP contribution in [0.2, 0.25) is 0 Å². The number of carbonyl (C=O) groups is 2. The molecule has 0 aromatic rings. The molecule has 0 unspecified atom stereocenters. The molecule has 144 valence electrons. The predicted octanol–water partition coefficient (Wildman–Crippen LogP) is 4.08. The minimum Gasteiger partial charge on any atom is -0.462 e. The van der Waals surface area contributed by atoms with Gasteiger partial charge < -0.3 is 4.74 Å². The summed E-state index contributed by atoms with van der Waals surface area (Å²) in [5.41, 5.74) is -0.831. The predicted molar refractivity (Wildman–Crippen MR) is 93.2 cm³/mol.